The summed E-state index contributed by atoms with van der Waals surface area (Å²) in [4.78, 5) is 3.59. The number of benzene rings is 2. The second-order valence-electron chi connectivity index (χ2n) is 6.44. The van der Waals surface area contributed by atoms with Crippen molar-refractivity contribution in [3.63, 3.8) is 0 Å². The van der Waals surface area contributed by atoms with Crippen molar-refractivity contribution in [2.75, 3.05) is 20.8 Å². The van der Waals surface area contributed by atoms with Gasteiger partial charge in [-0.15, -0.1) is 0 Å². The average molecular weight is 357 g/mol. The van der Waals surface area contributed by atoms with Crippen molar-refractivity contribution in [3.8, 4) is 11.5 Å². The number of hydrogen-bond acceptors (Lipinski definition) is 3. The molecule has 1 aliphatic rings. The normalized spacial score (nSPS) is 16.7. The van der Waals surface area contributed by atoms with E-state index in [2.05, 4.69) is 35.4 Å². The SMILES string of the molecule is COc1ccc2[nH]c3c(c2c1)CCNC3c1cc(C)cc(Cl)c1OC. The van der Waals surface area contributed by atoms with Gasteiger partial charge in [-0.05, 0) is 48.7 Å². The molecule has 1 atom stereocenters. The number of aromatic amines is 1. The molecule has 25 heavy (non-hydrogen) atoms. The van der Waals surface area contributed by atoms with E-state index in [4.69, 9.17) is 21.1 Å². The number of nitrogens with one attached hydrogen (secondary N) is 2. The van der Waals surface area contributed by atoms with Crippen molar-refractivity contribution < 1.29 is 9.47 Å². The predicted octanol–water partition coefficient (Wildman–Crippen LogP) is 4.38. The van der Waals surface area contributed by atoms with Crippen LogP contribution in [0.2, 0.25) is 5.02 Å². The second-order valence-corrected chi connectivity index (χ2v) is 6.84. The number of hydrogen-bond donors (Lipinski definition) is 2. The first-order chi connectivity index (χ1) is 12.1. The smallest absolute Gasteiger partial charge is 0.142 e. The maximum absolute atomic E-state index is 6.42. The molecule has 0 bridgehead atoms. The molecule has 2 aromatic carbocycles. The fourth-order valence-electron chi connectivity index (χ4n) is 3.78. The van der Waals surface area contributed by atoms with E-state index in [1.165, 1.54) is 16.6 Å². The Labute approximate surface area is 152 Å². The highest BCUT2D eigenvalue weighted by Gasteiger charge is 2.28. The van der Waals surface area contributed by atoms with Gasteiger partial charge in [-0.3, -0.25) is 0 Å². The molecule has 0 amide bonds. The molecule has 130 valence electrons. The lowest BCUT2D eigenvalue weighted by atomic mass is 9.93. The second kappa shape index (κ2) is 6.28. The Morgan fingerprint density at radius 2 is 1.96 bits per heavy atom. The molecule has 0 radical (unpaired) electrons. The molecule has 0 saturated heterocycles. The van der Waals surface area contributed by atoms with Crippen LogP contribution in [0.3, 0.4) is 0 Å². The maximum atomic E-state index is 6.42. The predicted molar refractivity (Wildman–Crippen MR) is 101 cm³/mol. The lowest BCUT2D eigenvalue weighted by molar-refractivity contribution is 0.402. The van der Waals surface area contributed by atoms with E-state index < -0.39 is 0 Å². The van der Waals surface area contributed by atoms with Gasteiger partial charge in [0.2, 0.25) is 0 Å². The zero-order chi connectivity index (χ0) is 17.6. The van der Waals surface area contributed by atoms with Gasteiger partial charge in [0.1, 0.15) is 11.5 Å². The summed E-state index contributed by atoms with van der Waals surface area (Å²) in [5, 5.41) is 5.47. The lowest BCUT2D eigenvalue weighted by Crippen LogP contribution is -2.30. The quantitative estimate of drug-likeness (QED) is 0.732. The minimum absolute atomic E-state index is 0.0227. The largest absolute Gasteiger partial charge is 0.497 e. The minimum atomic E-state index is 0.0227. The number of methoxy groups -OCH3 is 2. The highest BCUT2D eigenvalue weighted by molar-refractivity contribution is 6.32. The van der Waals surface area contributed by atoms with E-state index >= 15 is 0 Å². The zero-order valence-corrected chi connectivity index (χ0v) is 15.3. The summed E-state index contributed by atoms with van der Waals surface area (Å²) in [6.07, 6.45) is 0.973. The van der Waals surface area contributed by atoms with Gasteiger partial charge in [0.05, 0.1) is 25.3 Å². The monoisotopic (exact) mass is 356 g/mol. The maximum Gasteiger partial charge on any atom is 0.142 e. The van der Waals surface area contributed by atoms with E-state index in [1.54, 1.807) is 14.2 Å². The Bertz CT molecular complexity index is 949. The fraction of sp³-hybridized carbons (Fsp3) is 0.300. The highest BCUT2D eigenvalue weighted by Crippen LogP contribution is 2.40. The Kier molecular flexibility index (Phi) is 4.10. The third-order valence-corrected chi connectivity index (χ3v) is 5.17. The molecule has 5 heteroatoms. The summed E-state index contributed by atoms with van der Waals surface area (Å²) in [6, 6.07) is 10.3. The van der Waals surface area contributed by atoms with Crippen LogP contribution in [-0.2, 0) is 6.42 Å². The first-order valence-electron chi connectivity index (χ1n) is 8.38. The lowest BCUT2D eigenvalue weighted by Gasteiger charge is -2.27. The summed E-state index contributed by atoms with van der Waals surface area (Å²) in [7, 11) is 3.37. The average Bonchev–Trinajstić information content (AvgIpc) is 2.98. The summed E-state index contributed by atoms with van der Waals surface area (Å²) in [5.74, 6) is 1.61. The van der Waals surface area contributed by atoms with Crippen molar-refractivity contribution in [3.05, 3.63) is 57.7 Å². The molecule has 2 N–H and O–H groups in total. The molecule has 3 aromatic rings. The van der Waals surface area contributed by atoms with Crippen LogP contribution >= 0.6 is 11.6 Å². The van der Waals surface area contributed by atoms with E-state index in [0.717, 1.165) is 41.1 Å². The number of aryl methyl sites for hydroxylation is 1. The Morgan fingerprint density at radius 3 is 2.72 bits per heavy atom. The van der Waals surface area contributed by atoms with Crippen molar-refractivity contribution in [2.45, 2.75) is 19.4 Å². The molecular weight excluding hydrogens is 336 g/mol. The Hall–Kier alpha value is -2.17. The van der Waals surface area contributed by atoms with Gasteiger partial charge in [-0.1, -0.05) is 17.7 Å². The van der Waals surface area contributed by atoms with Gasteiger partial charge in [0.25, 0.3) is 0 Å². The molecule has 0 spiro atoms. The topological polar surface area (TPSA) is 46.3 Å². The number of halogens is 1. The summed E-state index contributed by atoms with van der Waals surface area (Å²) < 4.78 is 11.0. The van der Waals surface area contributed by atoms with Crippen molar-refractivity contribution >= 4 is 22.5 Å². The molecule has 4 nitrogen and oxygen atoms in total. The van der Waals surface area contributed by atoms with Gasteiger partial charge >= 0.3 is 0 Å². The van der Waals surface area contributed by atoms with Crippen LogP contribution in [0, 0.1) is 6.92 Å². The third-order valence-electron chi connectivity index (χ3n) is 4.89. The van der Waals surface area contributed by atoms with Gasteiger partial charge in [0, 0.05) is 28.7 Å². The molecule has 2 heterocycles. The third kappa shape index (κ3) is 2.66. The van der Waals surface area contributed by atoms with Crippen LogP contribution in [0.1, 0.15) is 28.4 Å². The first-order valence-corrected chi connectivity index (χ1v) is 8.76. The van der Waals surface area contributed by atoms with Gasteiger partial charge in [-0.25, -0.2) is 0 Å². The van der Waals surface area contributed by atoms with Crippen molar-refractivity contribution in [2.24, 2.45) is 0 Å². The van der Waals surface area contributed by atoms with Gasteiger partial charge in [-0.2, -0.15) is 0 Å². The number of H-pyrrole nitrogens is 1. The van der Waals surface area contributed by atoms with Gasteiger partial charge < -0.3 is 19.8 Å². The van der Waals surface area contributed by atoms with Crippen LogP contribution in [0.25, 0.3) is 10.9 Å². The highest BCUT2D eigenvalue weighted by atomic mass is 35.5. The Morgan fingerprint density at radius 1 is 1.12 bits per heavy atom. The number of aromatic nitrogens is 1. The zero-order valence-electron chi connectivity index (χ0n) is 14.6. The van der Waals surface area contributed by atoms with E-state index in [0.29, 0.717) is 5.02 Å². The standard InChI is InChI=1S/C20H21ClN2O2/c1-11-8-15(20(25-3)16(21)9-11)18-19-13(6-7-22-18)14-10-12(24-2)4-5-17(14)23-19/h4-5,8-10,18,22-23H,6-7H2,1-3H3. The number of rotatable bonds is 3. The summed E-state index contributed by atoms with van der Waals surface area (Å²) >= 11 is 6.42. The minimum Gasteiger partial charge on any atom is -0.497 e. The fourth-order valence-corrected chi connectivity index (χ4v) is 4.14. The molecular formula is C20H21ClN2O2. The summed E-state index contributed by atoms with van der Waals surface area (Å²) in [5.41, 5.74) is 5.81. The molecule has 1 aromatic heterocycles. The first kappa shape index (κ1) is 16.3. The van der Waals surface area contributed by atoms with Crippen LogP contribution in [0.15, 0.2) is 30.3 Å². The van der Waals surface area contributed by atoms with E-state index in [1.807, 2.05) is 12.1 Å². The van der Waals surface area contributed by atoms with E-state index in [9.17, 15) is 0 Å². The van der Waals surface area contributed by atoms with Crippen LogP contribution in [0.4, 0.5) is 0 Å². The van der Waals surface area contributed by atoms with Gasteiger partial charge in [0.15, 0.2) is 0 Å². The number of ether oxygens (including phenoxy) is 2. The molecule has 0 aliphatic carbocycles. The molecule has 1 unspecified atom stereocenters. The Balaban J connectivity index is 1.91. The van der Waals surface area contributed by atoms with Crippen LogP contribution < -0.4 is 14.8 Å². The molecule has 0 fully saturated rings. The van der Waals surface area contributed by atoms with Crippen LogP contribution in [0.5, 0.6) is 11.5 Å². The molecule has 0 saturated carbocycles. The molecule has 1 aliphatic heterocycles. The molecule has 4 rings (SSSR count). The van der Waals surface area contributed by atoms with Crippen molar-refractivity contribution in [1.82, 2.24) is 10.3 Å². The summed E-state index contributed by atoms with van der Waals surface area (Å²) in [6.45, 7) is 2.95. The van der Waals surface area contributed by atoms with Crippen LogP contribution in [-0.4, -0.2) is 25.7 Å². The van der Waals surface area contributed by atoms with E-state index in [-0.39, 0.29) is 6.04 Å². The van der Waals surface area contributed by atoms with Crippen molar-refractivity contribution in [1.29, 1.82) is 0 Å². The number of fused-ring (bicyclic) bond motifs is 3.